The van der Waals surface area contributed by atoms with E-state index in [1.165, 1.54) is 26.2 Å². The SMILES string of the molecule is CC(=O)NCCCCCC(=O)NCc1cccc(-c2cccc([C@H]3O[C@@H](CN4CCCCC4)C[C@@H](c4ccc(CO)cc4)O3)c2)c1. The Bertz CT molecular complexity index is 1410. The molecule has 2 heterocycles. The molecule has 5 rings (SSSR count). The van der Waals surface area contributed by atoms with Crippen molar-refractivity contribution in [3.05, 3.63) is 95.1 Å². The van der Waals surface area contributed by atoms with Gasteiger partial charge in [-0.1, -0.05) is 73.5 Å². The van der Waals surface area contributed by atoms with E-state index in [0.29, 0.717) is 19.5 Å². The Balaban J connectivity index is 1.23. The van der Waals surface area contributed by atoms with Gasteiger partial charge >= 0.3 is 0 Å². The minimum absolute atomic E-state index is 0.0191. The van der Waals surface area contributed by atoms with Crippen LogP contribution in [0.4, 0.5) is 0 Å². The number of nitrogens with zero attached hydrogens (tertiary/aromatic N) is 1. The highest BCUT2D eigenvalue weighted by atomic mass is 16.7. The van der Waals surface area contributed by atoms with Crippen LogP contribution in [0.25, 0.3) is 11.1 Å². The lowest BCUT2D eigenvalue weighted by Gasteiger charge is -2.39. The van der Waals surface area contributed by atoms with Crippen LogP contribution in [0.3, 0.4) is 0 Å². The van der Waals surface area contributed by atoms with Gasteiger partial charge in [0, 0.05) is 45.0 Å². The quantitative estimate of drug-likeness (QED) is 0.184. The molecule has 0 spiro atoms. The van der Waals surface area contributed by atoms with Crippen LogP contribution >= 0.6 is 0 Å². The first-order valence-electron chi connectivity index (χ1n) is 16.9. The second-order valence-corrected chi connectivity index (χ2v) is 12.6. The minimum atomic E-state index is -0.494. The van der Waals surface area contributed by atoms with E-state index in [1.54, 1.807) is 0 Å². The highest BCUT2D eigenvalue weighted by Gasteiger charge is 2.33. The van der Waals surface area contributed by atoms with Crippen LogP contribution in [0.15, 0.2) is 72.8 Å². The Hall–Kier alpha value is -3.56. The molecule has 0 saturated carbocycles. The summed E-state index contributed by atoms with van der Waals surface area (Å²) in [5.41, 5.74) is 6.16. The summed E-state index contributed by atoms with van der Waals surface area (Å²) in [6.45, 7) is 5.81. The normalized spacial score (nSPS) is 20.3. The van der Waals surface area contributed by atoms with E-state index in [0.717, 1.165) is 78.7 Å². The molecule has 2 saturated heterocycles. The van der Waals surface area contributed by atoms with E-state index in [2.05, 4.69) is 64.1 Å². The Morgan fingerprint density at radius 2 is 1.59 bits per heavy atom. The molecule has 246 valence electrons. The summed E-state index contributed by atoms with van der Waals surface area (Å²) in [6, 6.07) is 24.7. The molecule has 8 nitrogen and oxygen atoms in total. The van der Waals surface area contributed by atoms with Crippen LogP contribution in [-0.2, 0) is 32.2 Å². The summed E-state index contributed by atoms with van der Waals surface area (Å²) in [7, 11) is 0. The Labute approximate surface area is 273 Å². The summed E-state index contributed by atoms with van der Waals surface area (Å²) in [5.74, 6) is 0.0209. The molecule has 2 aliphatic rings. The molecule has 0 radical (unpaired) electrons. The van der Waals surface area contributed by atoms with Crippen molar-refractivity contribution in [2.24, 2.45) is 0 Å². The predicted molar refractivity (Wildman–Crippen MR) is 180 cm³/mol. The van der Waals surface area contributed by atoms with Crippen LogP contribution in [-0.4, -0.2) is 54.1 Å². The molecule has 3 atom stereocenters. The molecule has 0 aliphatic carbocycles. The average Bonchev–Trinajstić information content (AvgIpc) is 3.09. The number of ether oxygens (including phenoxy) is 2. The third-order valence-corrected chi connectivity index (χ3v) is 8.89. The molecule has 0 unspecified atom stereocenters. The smallest absolute Gasteiger partial charge is 0.220 e. The van der Waals surface area contributed by atoms with Gasteiger partial charge in [-0.3, -0.25) is 9.59 Å². The van der Waals surface area contributed by atoms with E-state index in [9.17, 15) is 14.7 Å². The predicted octanol–water partition coefficient (Wildman–Crippen LogP) is 6.19. The zero-order chi connectivity index (χ0) is 32.1. The Kier molecular flexibility index (Phi) is 12.8. The maximum Gasteiger partial charge on any atom is 0.220 e. The number of aliphatic hydroxyl groups is 1. The molecule has 0 aromatic heterocycles. The lowest BCUT2D eigenvalue weighted by atomic mass is 9.98. The first-order valence-corrected chi connectivity index (χ1v) is 16.9. The number of rotatable bonds is 14. The van der Waals surface area contributed by atoms with Gasteiger partial charge in [0.1, 0.15) is 0 Å². The van der Waals surface area contributed by atoms with Gasteiger partial charge in [0.2, 0.25) is 11.8 Å². The van der Waals surface area contributed by atoms with Crippen LogP contribution in [0.5, 0.6) is 0 Å². The number of hydrogen-bond donors (Lipinski definition) is 3. The molecule has 3 aromatic rings. The molecule has 2 amide bonds. The maximum absolute atomic E-state index is 12.4. The van der Waals surface area contributed by atoms with Gasteiger partial charge in [-0.15, -0.1) is 0 Å². The molecule has 3 aromatic carbocycles. The van der Waals surface area contributed by atoms with Crippen LogP contribution < -0.4 is 10.6 Å². The van der Waals surface area contributed by atoms with Crippen LogP contribution in [0, 0.1) is 0 Å². The van der Waals surface area contributed by atoms with E-state index >= 15 is 0 Å². The number of aliphatic hydroxyl groups excluding tert-OH is 1. The Morgan fingerprint density at radius 1 is 0.826 bits per heavy atom. The topological polar surface area (TPSA) is 100 Å². The number of carbonyl (C=O) groups is 2. The fourth-order valence-electron chi connectivity index (χ4n) is 6.33. The minimum Gasteiger partial charge on any atom is -0.392 e. The van der Waals surface area contributed by atoms with Crippen molar-refractivity contribution in [1.82, 2.24) is 15.5 Å². The Morgan fingerprint density at radius 3 is 2.35 bits per heavy atom. The van der Waals surface area contributed by atoms with E-state index in [4.69, 9.17) is 9.47 Å². The first-order chi connectivity index (χ1) is 22.5. The molecule has 2 fully saturated rings. The largest absolute Gasteiger partial charge is 0.392 e. The molecular formula is C38H49N3O5. The molecule has 8 heteroatoms. The highest BCUT2D eigenvalue weighted by Crippen LogP contribution is 2.39. The van der Waals surface area contributed by atoms with Crippen LogP contribution in [0.1, 0.15) is 92.9 Å². The van der Waals surface area contributed by atoms with Gasteiger partial charge in [0.05, 0.1) is 18.8 Å². The third kappa shape index (κ3) is 10.2. The second kappa shape index (κ2) is 17.4. The van der Waals surface area contributed by atoms with Gasteiger partial charge in [0.25, 0.3) is 0 Å². The van der Waals surface area contributed by atoms with Gasteiger partial charge in [-0.05, 0) is 78.7 Å². The molecule has 0 bridgehead atoms. The van der Waals surface area contributed by atoms with Crippen molar-refractivity contribution in [3.63, 3.8) is 0 Å². The van der Waals surface area contributed by atoms with Gasteiger partial charge < -0.3 is 30.1 Å². The number of nitrogens with one attached hydrogen (secondary N) is 2. The van der Waals surface area contributed by atoms with Crippen LogP contribution in [0.2, 0.25) is 0 Å². The monoisotopic (exact) mass is 627 g/mol. The summed E-state index contributed by atoms with van der Waals surface area (Å²) in [6.07, 6.45) is 7.09. The number of likely N-dealkylation sites (tertiary alicyclic amines) is 1. The van der Waals surface area contributed by atoms with Crippen molar-refractivity contribution in [2.45, 2.75) is 89.9 Å². The number of carbonyl (C=O) groups excluding carboxylic acids is 2. The van der Waals surface area contributed by atoms with Gasteiger partial charge in [-0.25, -0.2) is 0 Å². The fraction of sp³-hybridized carbons (Fsp3) is 0.474. The lowest BCUT2D eigenvalue weighted by Crippen LogP contribution is -2.41. The summed E-state index contributed by atoms with van der Waals surface area (Å²) >= 11 is 0. The highest BCUT2D eigenvalue weighted by molar-refractivity contribution is 5.76. The molecule has 46 heavy (non-hydrogen) atoms. The van der Waals surface area contributed by atoms with Crippen molar-refractivity contribution in [2.75, 3.05) is 26.2 Å². The summed E-state index contributed by atoms with van der Waals surface area (Å²) < 4.78 is 13.3. The molecule has 2 aliphatic heterocycles. The maximum atomic E-state index is 12.4. The number of hydrogen-bond acceptors (Lipinski definition) is 6. The zero-order valence-electron chi connectivity index (χ0n) is 27.1. The number of unbranched alkanes of at least 4 members (excludes halogenated alkanes) is 2. The number of amides is 2. The third-order valence-electron chi connectivity index (χ3n) is 8.89. The molecular weight excluding hydrogens is 578 g/mol. The van der Waals surface area contributed by atoms with E-state index < -0.39 is 6.29 Å². The average molecular weight is 628 g/mol. The van der Waals surface area contributed by atoms with Gasteiger partial charge in [0.15, 0.2) is 6.29 Å². The van der Waals surface area contributed by atoms with Crippen molar-refractivity contribution in [3.8, 4) is 11.1 Å². The lowest BCUT2D eigenvalue weighted by molar-refractivity contribution is -0.253. The standard InChI is InChI=1S/C38H49N3O5/c1-28(43)39-19-5-2-4-14-37(44)40-25-30-10-8-11-32(22-30)33-12-9-13-34(23-33)38-45-35(26-41-20-6-3-7-21-41)24-36(46-38)31-17-15-29(27-42)16-18-31/h8-13,15-18,22-23,35-36,38,42H,2-7,14,19-21,24-27H2,1H3,(H,39,43)(H,40,44)/t35-,36+,38+/m1/s1. The second-order valence-electron chi connectivity index (χ2n) is 12.6. The number of piperidine rings is 1. The molecule has 3 N–H and O–H groups in total. The van der Waals surface area contributed by atoms with Crippen molar-refractivity contribution < 1.29 is 24.2 Å². The fourth-order valence-corrected chi connectivity index (χ4v) is 6.33. The summed E-state index contributed by atoms with van der Waals surface area (Å²) in [5, 5.41) is 15.4. The van der Waals surface area contributed by atoms with E-state index in [-0.39, 0.29) is 30.6 Å². The van der Waals surface area contributed by atoms with Crippen molar-refractivity contribution >= 4 is 11.8 Å². The van der Waals surface area contributed by atoms with Gasteiger partial charge in [-0.2, -0.15) is 0 Å². The first kappa shape index (κ1) is 33.8. The summed E-state index contributed by atoms with van der Waals surface area (Å²) in [4.78, 5) is 25.9. The van der Waals surface area contributed by atoms with Crippen molar-refractivity contribution in [1.29, 1.82) is 0 Å². The number of benzene rings is 3. The van der Waals surface area contributed by atoms with E-state index in [1.807, 2.05) is 24.3 Å². The zero-order valence-corrected chi connectivity index (χ0v) is 27.1.